The van der Waals surface area contributed by atoms with E-state index in [2.05, 4.69) is 4.72 Å². The van der Waals surface area contributed by atoms with Crippen LogP contribution in [-0.4, -0.2) is 25.5 Å². The fraction of sp³-hybridized carbons (Fsp3) is 1.00. The van der Waals surface area contributed by atoms with Crippen molar-refractivity contribution in [1.29, 1.82) is 0 Å². The van der Waals surface area contributed by atoms with Gasteiger partial charge in [-0.25, -0.2) is 4.72 Å². The Labute approximate surface area is 69.4 Å². The van der Waals surface area contributed by atoms with Crippen LogP contribution in [0.25, 0.3) is 0 Å². The molecule has 0 fully saturated rings. The number of aliphatic hydroxyl groups is 1. The van der Waals surface area contributed by atoms with Crippen LogP contribution in [0.1, 0.15) is 27.2 Å². The molecule has 0 aliphatic rings. The molecule has 0 saturated carbocycles. The summed E-state index contributed by atoms with van der Waals surface area (Å²) in [7, 11) is 0. The van der Waals surface area contributed by atoms with Crippen molar-refractivity contribution < 1.29 is 13.9 Å². The van der Waals surface area contributed by atoms with E-state index in [-0.39, 0.29) is 6.04 Å². The third-order valence-corrected chi connectivity index (χ3v) is 1.70. The van der Waals surface area contributed by atoms with E-state index in [9.17, 15) is 13.9 Å². The Kier molecular flexibility index (Phi) is 4.17. The zero-order chi connectivity index (χ0) is 9.07. The molecular weight excluding hydrogens is 166 g/mol. The van der Waals surface area contributed by atoms with Crippen molar-refractivity contribution in [1.82, 2.24) is 4.72 Å². The molecule has 0 spiro atoms. The molecule has 0 rings (SSSR count). The van der Waals surface area contributed by atoms with E-state index in [4.69, 9.17) is 0 Å². The highest BCUT2D eigenvalue weighted by Gasteiger charge is 2.16. The summed E-state index contributed by atoms with van der Waals surface area (Å²) < 4.78 is 22.5. The summed E-state index contributed by atoms with van der Waals surface area (Å²) in [6, 6.07) is -0.228. The van der Waals surface area contributed by atoms with Crippen LogP contribution in [-0.2, 0) is 11.3 Å². The number of hydrogen-bond donors (Lipinski definition) is 2. The normalized spacial score (nSPS) is 17.9. The summed E-state index contributed by atoms with van der Waals surface area (Å²) in [6.07, 6.45) is 0.404. The lowest BCUT2D eigenvalue weighted by atomic mass is 10.0. The van der Waals surface area contributed by atoms with Crippen molar-refractivity contribution in [2.24, 2.45) is 0 Å². The molecule has 0 aromatic rings. The molecule has 0 amide bonds. The molecule has 4 nitrogen and oxygen atoms in total. The summed E-state index contributed by atoms with van der Waals surface area (Å²) in [6.45, 7) is 4.98. The highest BCUT2D eigenvalue weighted by molar-refractivity contribution is 7.77. The second-order valence-electron chi connectivity index (χ2n) is 3.27. The minimum absolute atomic E-state index is 0.228. The average molecular weight is 180 g/mol. The van der Waals surface area contributed by atoms with Gasteiger partial charge in [-0.15, -0.1) is 0 Å². The fourth-order valence-electron chi connectivity index (χ4n) is 0.955. The van der Waals surface area contributed by atoms with Crippen LogP contribution in [0.2, 0.25) is 0 Å². The monoisotopic (exact) mass is 180 g/mol. The van der Waals surface area contributed by atoms with Crippen LogP contribution in [0.3, 0.4) is 0 Å². The first-order valence-electron chi connectivity index (χ1n) is 3.39. The summed E-state index contributed by atoms with van der Waals surface area (Å²) in [4.78, 5) is 0. The molecule has 0 bridgehead atoms. The van der Waals surface area contributed by atoms with E-state index in [0.29, 0.717) is 6.42 Å². The Morgan fingerprint density at radius 1 is 1.73 bits per heavy atom. The Bertz CT molecular complexity index is 143. The highest BCUT2D eigenvalue weighted by atomic mass is 32.2. The van der Waals surface area contributed by atoms with Gasteiger partial charge in [-0.05, 0) is 27.2 Å². The van der Waals surface area contributed by atoms with Crippen LogP contribution in [0, 0.1) is 0 Å². The molecular formula is C6H14NO3S-. The topological polar surface area (TPSA) is 72.4 Å². The molecule has 0 radical (unpaired) electrons. The molecule has 68 valence electrons. The largest absolute Gasteiger partial charge is 0.760 e. The van der Waals surface area contributed by atoms with Gasteiger partial charge >= 0.3 is 0 Å². The summed E-state index contributed by atoms with van der Waals surface area (Å²) in [5.41, 5.74) is -0.828. The van der Waals surface area contributed by atoms with E-state index in [1.807, 2.05) is 0 Å². The maximum Gasteiger partial charge on any atom is 0.0606 e. The van der Waals surface area contributed by atoms with E-state index in [0.717, 1.165) is 0 Å². The second kappa shape index (κ2) is 4.15. The van der Waals surface area contributed by atoms with Crippen molar-refractivity contribution in [3.8, 4) is 0 Å². The van der Waals surface area contributed by atoms with Crippen molar-refractivity contribution in [2.75, 3.05) is 0 Å². The van der Waals surface area contributed by atoms with Crippen LogP contribution >= 0.6 is 0 Å². The first-order valence-corrected chi connectivity index (χ1v) is 4.46. The third-order valence-electron chi connectivity index (χ3n) is 1.10. The van der Waals surface area contributed by atoms with Crippen molar-refractivity contribution in [3.63, 3.8) is 0 Å². The summed E-state index contributed by atoms with van der Waals surface area (Å²) >= 11 is -2.24. The minimum atomic E-state index is -2.24. The molecule has 0 saturated heterocycles. The lowest BCUT2D eigenvalue weighted by molar-refractivity contribution is 0.0638. The molecule has 2 atom stereocenters. The van der Waals surface area contributed by atoms with Gasteiger partial charge in [0, 0.05) is 17.3 Å². The highest BCUT2D eigenvalue weighted by Crippen LogP contribution is 2.09. The zero-order valence-electron chi connectivity index (χ0n) is 6.96. The van der Waals surface area contributed by atoms with Gasteiger partial charge in [0.05, 0.1) is 5.60 Å². The average Bonchev–Trinajstić information content (AvgIpc) is 1.53. The first kappa shape index (κ1) is 11.0. The Morgan fingerprint density at radius 2 is 2.18 bits per heavy atom. The third kappa shape index (κ3) is 7.93. The van der Waals surface area contributed by atoms with E-state index >= 15 is 0 Å². The maximum absolute atomic E-state index is 10.1. The van der Waals surface area contributed by atoms with Crippen molar-refractivity contribution in [3.05, 3.63) is 0 Å². The van der Waals surface area contributed by atoms with E-state index in [1.165, 1.54) is 0 Å². The van der Waals surface area contributed by atoms with Crippen LogP contribution in [0.5, 0.6) is 0 Å². The fourth-order valence-corrected chi connectivity index (χ4v) is 1.37. The summed E-state index contributed by atoms with van der Waals surface area (Å²) in [5.74, 6) is 0. The smallest absolute Gasteiger partial charge is 0.0606 e. The van der Waals surface area contributed by atoms with E-state index in [1.54, 1.807) is 20.8 Å². The molecule has 2 unspecified atom stereocenters. The molecule has 0 aliphatic carbocycles. The number of nitrogens with one attached hydrogen (secondary N) is 1. The quantitative estimate of drug-likeness (QED) is 0.594. The Balaban J connectivity index is 3.69. The lowest BCUT2D eigenvalue weighted by Gasteiger charge is -2.23. The predicted molar refractivity (Wildman–Crippen MR) is 42.4 cm³/mol. The van der Waals surface area contributed by atoms with Crippen molar-refractivity contribution in [2.45, 2.75) is 38.8 Å². The molecule has 0 aliphatic heterocycles. The van der Waals surface area contributed by atoms with Gasteiger partial charge < -0.3 is 9.66 Å². The molecule has 0 aromatic carbocycles. The zero-order valence-corrected chi connectivity index (χ0v) is 7.77. The number of rotatable bonds is 4. The summed E-state index contributed by atoms with van der Waals surface area (Å²) in [5, 5.41) is 9.26. The second-order valence-corrected chi connectivity index (χ2v) is 3.98. The maximum atomic E-state index is 10.1. The lowest BCUT2D eigenvalue weighted by Crippen LogP contribution is -2.35. The standard InChI is InChI=1S/C6H15NO3S/c1-5(7-11(9)10)4-6(2,3)8/h5,7-8H,4H2,1-3H3,(H,9,10)/p-1. The van der Waals surface area contributed by atoms with Crippen molar-refractivity contribution >= 4 is 11.3 Å². The van der Waals surface area contributed by atoms with Gasteiger partial charge in [0.25, 0.3) is 0 Å². The van der Waals surface area contributed by atoms with Gasteiger partial charge in [-0.1, -0.05) is 0 Å². The Hall–Kier alpha value is 0.0300. The molecule has 0 heterocycles. The van der Waals surface area contributed by atoms with Gasteiger partial charge in [0.2, 0.25) is 0 Å². The van der Waals surface area contributed by atoms with Crippen LogP contribution in [0.4, 0.5) is 0 Å². The molecule has 5 heteroatoms. The molecule has 2 N–H and O–H groups in total. The Morgan fingerprint density at radius 3 is 2.45 bits per heavy atom. The SMILES string of the molecule is CC(CC(C)(C)O)NS(=O)[O-]. The molecule has 11 heavy (non-hydrogen) atoms. The van der Waals surface area contributed by atoms with Crippen LogP contribution < -0.4 is 4.72 Å². The van der Waals surface area contributed by atoms with Gasteiger partial charge in [0.15, 0.2) is 0 Å². The van der Waals surface area contributed by atoms with Gasteiger partial charge in [-0.2, -0.15) is 0 Å². The van der Waals surface area contributed by atoms with Gasteiger partial charge in [0.1, 0.15) is 0 Å². The van der Waals surface area contributed by atoms with Crippen LogP contribution in [0.15, 0.2) is 0 Å². The first-order chi connectivity index (χ1) is 4.81. The number of hydrogen-bond acceptors (Lipinski definition) is 3. The van der Waals surface area contributed by atoms with Gasteiger partial charge in [-0.3, -0.25) is 4.21 Å². The van der Waals surface area contributed by atoms with E-state index < -0.39 is 16.9 Å². The predicted octanol–water partition coefficient (Wildman–Crippen LogP) is -0.0804. The molecule has 0 aromatic heterocycles. The minimum Gasteiger partial charge on any atom is -0.760 e.